The van der Waals surface area contributed by atoms with Crippen molar-refractivity contribution in [3.8, 4) is 11.5 Å². The van der Waals surface area contributed by atoms with Crippen LogP contribution in [0, 0.1) is 0 Å². The highest BCUT2D eigenvalue weighted by molar-refractivity contribution is 6.06. The first-order chi connectivity index (χ1) is 15.3. The zero-order chi connectivity index (χ0) is 23.1. The Morgan fingerprint density at radius 1 is 0.844 bits per heavy atom. The van der Waals surface area contributed by atoms with E-state index in [1.165, 1.54) is 19.2 Å². The van der Waals surface area contributed by atoms with Gasteiger partial charge in [0.15, 0.2) is 6.61 Å². The second-order valence-electron chi connectivity index (χ2n) is 6.59. The van der Waals surface area contributed by atoms with Crippen LogP contribution >= 0.6 is 0 Å². The Morgan fingerprint density at radius 3 is 2.06 bits per heavy atom. The third-order valence-electron chi connectivity index (χ3n) is 4.33. The molecular formula is C23H19F3N2O4. The van der Waals surface area contributed by atoms with Crippen molar-refractivity contribution in [3.05, 3.63) is 83.9 Å². The van der Waals surface area contributed by atoms with E-state index in [0.717, 1.165) is 12.1 Å². The molecule has 0 spiro atoms. The summed E-state index contributed by atoms with van der Waals surface area (Å²) in [6.45, 7) is -0.339. The highest BCUT2D eigenvalue weighted by Gasteiger charge is 2.30. The summed E-state index contributed by atoms with van der Waals surface area (Å²) in [5.74, 6) is -0.0442. The Bertz CT molecular complexity index is 1080. The Hall–Kier alpha value is -4.01. The first-order valence-electron chi connectivity index (χ1n) is 9.40. The fraction of sp³-hybridized carbons (Fsp3) is 0.130. The highest BCUT2D eigenvalue weighted by atomic mass is 19.4. The summed E-state index contributed by atoms with van der Waals surface area (Å²) in [6, 6.07) is 17.3. The molecule has 2 amide bonds. The predicted octanol–water partition coefficient (Wildman–Crippen LogP) is 4.98. The molecule has 166 valence electrons. The summed E-state index contributed by atoms with van der Waals surface area (Å²) in [6.07, 6.45) is -4.44. The molecule has 9 heteroatoms. The normalized spacial score (nSPS) is 10.9. The number of alkyl halides is 3. The summed E-state index contributed by atoms with van der Waals surface area (Å²) >= 11 is 0. The molecule has 0 saturated carbocycles. The Labute approximate surface area is 182 Å². The number of rotatable bonds is 7. The minimum Gasteiger partial charge on any atom is -0.496 e. The topological polar surface area (TPSA) is 76.7 Å². The molecule has 0 aromatic heterocycles. The SMILES string of the molecule is COc1ccccc1C(=O)Nc1ccc(OCC(=O)Nc2ccc(C(F)(F)F)cc2)cc1. The van der Waals surface area contributed by atoms with E-state index >= 15 is 0 Å². The van der Waals surface area contributed by atoms with Gasteiger partial charge in [0.2, 0.25) is 0 Å². The molecule has 0 bridgehead atoms. The number of carbonyl (C=O) groups excluding carboxylic acids is 2. The maximum atomic E-state index is 12.6. The number of halogens is 3. The van der Waals surface area contributed by atoms with Gasteiger partial charge in [-0.05, 0) is 60.7 Å². The smallest absolute Gasteiger partial charge is 0.416 e. The second kappa shape index (κ2) is 9.86. The van der Waals surface area contributed by atoms with Crippen LogP contribution < -0.4 is 20.1 Å². The number of hydrogen-bond acceptors (Lipinski definition) is 4. The number of methoxy groups -OCH3 is 1. The van der Waals surface area contributed by atoms with Gasteiger partial charge in [0.25, 0.3) is 11.8 Å². The minimum atomic E-state index is -4.44. The highest BCUT2D eigenvalue weighted by Crippen LogP contribution is 2.29. The van der Waals surface area contributed by atoms with Crippen molar-refractivity contribution in [2.45, 2.75) is 6.18 Å². The molecule has 3 aromatic carbocycles. The van der Waals surface area contributed by atoms with E-state index in [9.17, 15) is 22.8 Å². The molecule has 32 heavy (non-hydrogen) atoms. The molecule has 0 heterocycles. The number of hydrogen-bond donors (Lipinski definition) is 2. The van der Waals surface area contributed by atoms with Crippen LogP contribution in [0.5, 0.6) is 11.5 Å². The molecule has 2 N–H and O–H groups in total. The molecule has 0 unspecified atom stereocenters. The Kier molecular flexibility index (Phi) is 6.99. The van der Waals surface area contributed by atoms with Crippen LogP contribution in [0.4, 0.5) is 24.5 Å². The average Bonchev–Trinajstić information content (AvgIpc) is 2.78. The van der Waals surface area contributed by atoms with Gasteiger partial charge in [-0.2, -0.15) is 13.2 Å². The number of nitrogens with one attached hydrogen (secondary N) is 2. The van der Waals surface area contributed by atoms with E-state index < -0.39 is 17.6 Å². The summed E-state index contributed by atoms with van der Waals surface area (Å²) < 4.78 is 48.3. The van der Waals surface area contributed by atoms with Crippen molar-refractivity contribution in [2.24, 2.45) is 0 Å². The monoisotopic (exact) mass is 444 g/mol. The summed E-state index contributed by atoms with van der Waals surface area (Å²) in [5, 5.41) is 5.20. The summed E-state index contributed by atoms with van der Waals surface area (Å²) in [4.78, 5) is 24.4. The van der Waals surface area contributed by atoms with Crippen molar-refractivity contribution < 1.29 is 32.2 Å². The molecule has 6 nitrogen and oxygen atoms in total. The van der Waals surface area contributed by atoms with Crippen molar-refractivity contribution in [2.75, 3.05) is 24.4 Å². The van der Waals surface area contributed by atoms with Crippen LogP contribution in [0.3, 0.4) is 0 Å². The van der Waals surface area contributed by atoms with E-state index in [4.69, 9.17) is 9.47 Å². The summed E-state index contributed by atoms with van der Waals surface area (Å²) in [5.41, 5.74) is 0.323. The first-order valence-corrected chi connectivity index (χ1v) is 9.40. The van der Waals surface area contributed by atoms with E-state index in [2.05, 4.69) is 10.6 Å². The third-order valence-corrected chi connectivity index (χ3v) is 4.33. The van der Waals surface area contributed by atoms with Crippen LogP contribution in [0.25, 0.3) is 0 Å². The van der Waals surface area contributed by atoms with Crippen LogP contribution in [0.1, 0.15) is 15.9 Å². The lowest BCUT2D eigenvalue weighted by Gasteiger charge is -2.11. The molecule has 0 aliphatic carbocycles. The zero-order valence-electron chi connectivity index (χ0n) is 16.9. The van der Waals surface area contributed by atoms with Gasteiger partial charge in [0.05, 0.1) is 18.2 Å². The lowest BCUT2D eigenvalue weighted by atomic mass is 10.2. The number of anilines is 2. The second-order valence-corrected chi connectivity index (χ2v) is 6.59. The Balaban J connectivity index is 1.51. The first kappa shape index (κ1) is 22.7. The molecule has 0 fully saturated rings. The number of benzene rings is 3. The molecular weight excluding hydrogens is 425 g/mol. The van der Waals surface area contributed by atoms with Gasteiger partial charge in [0, 0.05) is 11.4 Å². The van der Waals surface area contributed by atoms with Crippen LogP contribution in [0.15, 0.2) is 72.8 Å². The predicted molar refractivity (Wildman–Crippen MR) is 113 cm³/mol. The van der Waals surface area contributed by atoms with Crippen LogP contribution in [-0.4, -0.2) is 25.5 Å². The van der Waals surface area contributed by atoms with E-state index in [-0.39, 0.29) is 18.2 Å². The standard InChI is InChI=1S/C23H19F3N2O4/c1-31-20-5-3-2-4-19(20)22(30)28-17-10-12-18(13-11-17)32-14-21(29)27-16-8-6-15(7-9-16)23(24,25)26/h2-13H,14H2,1H3,(H,27,29)(H,28,30). The molecule has 0 atom stereocenters. The lowest BCUT2D eigenvalue weighted by Crippen LogP contribution is -2.20. The maximum absolute atomic E-state index is 12.6. The fourth-order valence-corrected chi connectivity index (χ4v) is 2.75. The largest absolute Gasteiger partial charge is 0.496 e. The number of para-hydroxylation sites is 1. The fourth-order valence-electron chi connectivity index (χ4n) is 2.75. The van der Waals surface area contributed by atoms with E-state index in [1.54, 1.807) is 48.5 Å². The van der Waals surface area contributed by atoms with Crippen LogP contribution in [0.2, 0.25) is 0 Å². The Morgan fingerprint density at radius 2 is 1.44 bits per heavy atom. The van der Waals surface area contributed by atoms with Crippen molar-refractivity contribution in [3.63, 3.8) is 0 Å². The number of amides is 2. The molecule has 0 saturated heterocycles. The van der Waals surface area contributed by atoms with Crippen molar-refractivity contribution in [1.82, 2.24) is 0 Å². The molecule has 0 aliphatic heterocycles. The van der Waals surface area contributed by atoms with Crippen LogP contribution in [-0.2, 0) is 11.0 Å². The van der Waals surface area contributed by atoms with E-state index in [1.807, 2.05) is 0 Å². The van der Waals surface area contributed by atoms with Gasteiger partial charge in [-0.3, -0.25) is 9.59 Å². The average molecular weight is 444 g/mol. The summed E-state index contributed by atoms with van der Waals surface area (Å²) in [7, 11) is 1.48. The van der Waals surface area contributed by atoms with E-state index in [0.29, 0.717) is 22.7 Å². The molecule has 3 aromatic rings. The van der Waals surface area contributed by atoms with Crippen molar-refractivity contribution >= 4 is 23.2 Å². The quantitative estimate of drug-likeness (QED) is 0.539. The zero-order valence-corrected chi connectivity index (χ0v) is 16.9. The van der Waals surface area contributed by atoms with Gasteiger partial charge in [-0.15, -0.1) is 0 Å². The van der Waals surface area contributed by atoms with Gasteiger partial charge in [-0.1, -0.05) is 12.1 Å². The van der Waals surface area contributed by atoms with Crippen molar-refractivity contribution in [1.29, 1.82) is 0 Å². The third kappa shape index (κ3) is 6.00. The van der Waals surface area contributed by atoms with Gasteiger partial charge < -0.3 is 20.1 Å². The minimum absolute atomic E-state index is 0.223. The maximum Gasteiger partial charge on any atom is 0.416 e. The number of carbonyl (C=O) groups is 2. The lowest BCUT2D eigenvalue weighted by molar-refractivity contribution is -0.137. The molecule has 3 rings (SSSR count). The number of ether oxygens (including phenoxy) is 2. The van der Waals surface area contributed by atoms with Gasteiger partial charge in [-0.25, -0.2) is 0 Å². The molecule has 0 aliphatic rings. The molecule has 0 radical (unpaired) electrons. The van der Waals surface area contributed by atoms with Gasteiger partial charge in [0.1, 0.15) is 11.5 Å². The van der Waals surface area contributed by atoms with Gasteiger partial charge >= 0.3 is 6.18 Å².